The minimum absolute atomic E-state index is 0.0566. The fraction of sp³-hybridized carbons (Fsp3) is 0.478. The summed E-state index contributed by atoms with van der Waals surface area (Å²) in [6.07, 6.45) is 7.27. The lowest BCUT2D eigenvalue weighted by atomic mass is 9.82. The van der Waals surface area contributed by atoms with Crippen LogP contribution in [-0.4, -0.2) is 57.1 Å². The molecule has 2 aromatic rings. The fourth-order valence-corrected chi connectivity index (χ4v) is 4.45. The van der Waals surface area contributed by atoms with Crippen LogP contribution in [0.15, 0.2) is 36.7 Å². The van der Waals surface area contributed by atoms with Crippen LogP contribution < -0.4 is 5.73 Å². The molecule has 0 bridgehead atoms. The lowest BCUT2D eigenvalue weighted by Gasteiger charge is -2.37. The first-order valence-electron chi connectivity index (χ1n) is 10.8. The maximum absolute atomic E-state index is 12.9. The van der Waals surface area contributed by atoms with Gasteiger partial charge in [-0.3, -0.25) is 19.6 Å². The Morgan fingerprint density at radius 1 is 1.19 bits per heavy atom. The molecule has 8 nitrogen and oxygen atoms in total. The third-order valence-electron chi connectivity index (χ3n) is 6.14. The van der Waals surface area contributed by atoms with Crippen LogP contribution in [0, 0.1) is 0 Å². The Kier molecular flexibility index (Phi) is 6.29. The number of morpholine rings is 1. The van der Waals surface area contributed by atoms with Gasteiger partial charge in [0.1, 0.15) is 6.10 Å². The molecule has 1 atom stereocenters. The molecular weight excluding hydrogens is 396 g/mol. The summed E-state index contributed by atoms with van der Waals surface area (Å²) in [5.41, 5.74) is 6.82. The molecule has 2 amide bonds. The molecule has 0 spiro atoms. The van der Waals surface area contributed by atoms with E-state index in [0.717, 1.165) is 19.3 Å². The highest BCUT2D eigenvalue weighted by Crippen LogP contribution is 2.33. The van der Waals surface area contributed by atoms with Crippen molar-refractivity contribution in [2.75, 3.05) is 19.7 Å². The summed E-state index contributed by atoms with van der Waals surface area (Å²) in [6, 6.07) is 6.91. The molecule has 0 radical (unpaired) electrons. The normalized spacial score (nSPS) is 20.9. The molecule has 1 saturated carbocycles. The largest absolute Gasteiger partial charge is 0.389 e. The molecule has 1 saturated heterocycles. The number of carbonyl (C=O) groups excluding carboxylic acids is 2. The molecule has 1 aliphatic heterocycles. The molecule has 1 aromatic carbocycles. The number of aromatic nitrogens is 2. The second-order valence-electron chi connectivity index (χ2n) is 8.40. The van der Waals surface area contributed by atoms with Crippen LogP contribution in [-0.2, 0) is 9.53 Å². The summed E-state index contributed by atoms with van der Waals surface area (Å²) < 4.78 is 5.95. The number of hydrogen-bond acceptors (Lipinski definition) is 6. The predicted molar refractivity (Wildman–Crippen MR) is 114 cm³/mol. The van der Waals surface area contributed by atoms with Gasteiger partial charge in [0.15, 0.2) is 0 Å². The van der Waals surface area contributed by atoms with Crippen molar-refractivity contribution < 1.29 is 19.4 Å². The number of nitrogens with zero attached hydrogens (tertiary/aromatic N) is 3. The van der Waals surface area contributed by atoms with E-state index in [2.05, 4.69) is 9.97 Å². The zero-order chi connectivity index (χ0) is 21.8. The van der Waals surface area contributed by atoms with E-state index >= 15 is 0 Å². The Labute approximate surface area is 181 Å². The zero-order valence-corrected chi connectivity index (χ0v) is 17.5. The highest BCUT2D eigenvalue weighted by molar-refractivity contribution is 5.94. The van der Waals surface area contributed by atoms with Crippen molar-refractivity contribution in [1.29, 1.82) is 0 Å². The zero-order valence-electron chi connectivity index (χ0n) is 17.5. The number of aliphatic hydroxyl groups is 1. The number of primary amides is 1. The first-order valence-corrected chi connectivity index (χ1v) is 10.8. The molecule has 4 rings (SSSR count). The number of rotatable bonds is 5. The quantitative estimate of drug-likeness (QED) is 0.760. The fourth-order valence-electron chi connectivity index (χ4n) is 4.45. The summed E-state index contributed by atoms with van der Waals surface area (Å²) >= 11 is 0. The third kappa shape index (κ3) is 4.91. The Morgan fingerprint density at radius 3 is 2.74 bits per heavy atom. The van der Waals surface area contributed by atoms with Crippen LogP contribution in [0.3, 0.4) is 0 Å². The maximum Gasteiger partial charge on any atom is 0.248 e. The average Bonchev–Trinajstić information content (AvgIpc) is 2.79. The minimum atomic E-state index is -0.893. The van der Waals surface area contributed by atoms with Crippen LogP contribution in [0.25, 0.3) is 11.3 Å². The summed E-state index contributed by atoms with van der Waals surface area (Å²) in [4.78, 5) is 35.2. The lowest BCUT2D eigenvalue weighted by Crippen LogP contribution is -2.46. The first-order chi connectivity index (χ1) is 15.0. The second-order valence-corrected chi connectivity index (χ2v) is 8.40. The lowest BCUT2D eigenvalue weighted by molar-refractivity contribution is -0.145. The molecular formula is C23H28N4O4. The van der Waals surface area contributed by atoms with Crippen LogP contribution in [0.5, 0.6) is 0 Å². The van der Waals surface area contributed by atoms with E-state index in [1.54, 1.807) is 35.5 Å². The molecule has 8 heteroatoms. The highest BCUT2D eigenvalue weighted by Gasteiger charge is 2.35. The number of carbonyl (C=O) groups is 2. The van der Waals surface area contributed by atoms with Crippen LogP contribution in [0.2, 0.25) is 0 Å². The molecule has 164 valence electrons. The highest BCUT2D eigenvalue weighted by atomic mass is 16.5. The molecule has 2 fully saturated rings. The van der Waals surface area contributed by atoms with Gasteiger partial charge < -0.3 is 20.5 Å². The van der Waals surface area contributed by atoms with Crippen molar-refractivity contribution in [3.8, 4) is 11.3 Å². The van der Waals surface area contributed by atoms with Gasteiger partial charge in [0.05, 0.1) is 36.6 Å². The van der Waals surface area contributed by atoms with E-state index < -0.39 is 17.6 Å². The first kappa shape index (κ1) is 21.4. The van der Waals surface area contributed by atoms with Crippen molar-refractivity contribution in [3.63, 3.8) is 0 Å². The number of ether oxygens (including phenoxy) is 1. The van der Waals surface area contributed by atoms with Crippen molar-refractivity contribution >= 4 is 11.8 Å². The van der Waals surface area contributed by atoms with E-state index in [4.69, 9.17) is 10.5 Å². The van der Waals surface area contributed by atoms with Gasteiger partial charge in [-0.1, -0.05) is 31.4 Å². The summed E-state index contributed by atoms with van der Waals surface area (Å²) in [6.45, 7) is 1.21. The van der Waals surface area contributed by atoms with E-state index in [0.29, 0.717) is 55.1 Å². The van der Waals surface area contributed by atoms with Gasteiger partial charge >= 0.3 is 0 Å². The molecule has 1 aliphatic carbocycles. The van der Waals surface area contributed by atoms with Gasteiger partial charge in [-0.25, -0.2) is 0 Å². The molecule has 3 N–H and O–H groups in total. The predicted octanol–water partition coefficient (Wildman–Crippen LogP) is 2.23. The van der Waals surface area contributed by atoms with Gasteiger partial charge in [0.2, 0.25) is 11.8 Å². The van der Waals surface area contributed by atoms with Gasteiger partial charge in [0.25, 0.3) is 0 Å². The van der Waals surface area contributed by atoms with Crippen LogP contribution >= 0.6 is 0 Å². The number of benzene rings is 1. The molecule has 2 aliphatic rings. The Balaban J connectivity index is 1.53. The SMILES string of the molecule is NC(=O)c1cccc(-c2nccnc2[C@H]2CN(C(=O)CC3(O)CCCCC3)CCO2)c1. The summed E-state index contributed by atoms with van der Waals surface area (Å²) in [7, 11) is 0. The van der Waals surface area contributed by atoms with Crippen LogP contribution in [0.4, 0.5) is 0 Å². The van der Waals surface area contributed by atoms with E-state index in [9.17, 15) is 14.7 Å². The van der Waals surface area contributed by atoms with Crippen molar-refractivity contribution in [3.05, 3.63) is 47.9 Å². The molecule has 2 heterocycles. The number of hydrogen-bond donors (Lipinski definition) is 2. The number of nitrogens with two attached hydrogens (primary N) is 1. The standard InChI is InChI=1S/C23H28N4O4/c24-22(29)17-6-4-5-16(13-17)20-21(26-10-9-25-20)18-15-27(11-12-31-18)19(28)14-23(30)7-2-1-3-8-23/h4-6,9-10,13,18,30H,1-3,7-8,11-12,14-15H2,(H2,24,29)/t18-/m1/s1. The molecule has 1 aromatic heterocycles. The second kappa shape index (κ2) is 9.11. The van der Waals surface area contributed by atoms with Gasteiger partial charge in [-0.05, 0) is 25.0 Å². The minimum Gasteiger partial charge on any atom is -0.389 e. The Hall–Kier alpha value is -2.84. The topological polar surface area (TPSA) is 119 Å². The average molecular weight is 425 g/mol. The Morgan fingerprint density at radius 2 is 1.97 bits per heavy atom. The van der Waals surface area contributed by atoms with Crippen molar-refractivity contribution in [2.45, 2.75) is 50.2 Å². The molecule has 31 heavy (non-hydrogen) atoms. The van der Waals surface area contributed by atoms with Crippen molar-refractivity contribution in [1.82, 2.24) is 14.9 Å². The van der Waals surface area contributed by atoms with E-state index in [1.165, 1.54) is 0 Å². The monoisotopic (exact) mass is 424 g/mol. The molecule has 0 unspecified atom stereocenters. The van der Waals surface area contributed by atoms with Crippen LogP contribution in [0.1, 0.15) is 60.7 Å². The third-order valence-corrected chi connectivity index (χ3v) is 6.14. The smallest absolute Gasteiger partial charge is 0.248 e. The summed E-state index contributed by atoms with van der Waals surface area (Å²) in [5.74, 6) is -0.572. The van der Waals surface area contributed by atoms with Gasteiger partial charge in [0, 0.05) is 30.1 Å². The summed E-state index contributed by atoms with van der Waals surface area (Å²) in [5, 5.41) is 10.8. The van der Waals surface area contributed by atoms with Crippen molar-refractivity contribution in [2.24, 2.45) is 5.73 Å². The van der Waals surface area contributed by atoms with Gasteiger partial charge in [-0.15, -0.1) is 0 Å². The Bertz CT molecular complexity index is 958. The van der Waals surface area contributed by atoms with E-state index in [1.807, 2.05) is 6.07 Å². The van der Waals surface area contributed by atoms with E-state index in [-0.39, 0.29) is 12.3 Å². The number of amides is 2. The maximum atomic E-state index is 12.9. The van der Waals surface area contributed by atoms with Gasteiger partial charge in [-0.2, -0.15) is 0 Å².